The number of allylic oxidation sites excluding steroid dienone is 1. The Hall–Kier alpha value is -2.99. The van der Waals surface area contributed by atoms with Crippen molar-refractivity contribution < 1.29 is 28.5 Å². The normalized spacial score (nSPS) is 12.2. The van der Waals surface area contributed by atoms with Crippen LogP contribution in [0.1, 0.15) is 31.9 Å². The molecule has 0 radical (unpaired) electrons. The van der Waals surface area contributed by atoms with Crippen LogP contribution in [-0.2, 0) is 20.7 Å². The van der Waals surface area contributed by atoms with Gasteiger partial charge >= 0.3 is 5.97 Å². The molecule has 6 heteroatoms. The van der Waals surface area contributed by atoms with Crippen molar-refractivity contribution in [3.8, 4) is 17.2 Å². The van der Waals surface area contributed by atoms with Gasteiger partial charge in [0.1, 0.15) is 23.9 Å². The highest BCUT2D eigenvalue weighted by molar-refractivity contribution is 5.75. The first-order valence-corrected chi connectivity index (χ1v) is 10.4. The van der Waals surface area contributed by atoms with Gasteiger partial charge < -0.3 is 23.7 Å². The summed E-state index contributed by atoms with van der Waals surface area (Å²) in [5.41, 5.74) is 3.05. The molecule has 0 bridgehead atoms. The second kappa shape index (κ2) is 12.6. The van der Waals surface area contributed by atoms with Crippen molar-refractivity contribution in [2.24, 2.45) is 0 Å². The average molecular weight is 429 g/mol. The van der Waals surface area contributed by atoms with Gasteiger partial charge in [0.2, 0.25) is 0 Å². The summed E-state index contributed by atoms with van der Waals surface area (Å²) in [5.74, 6) is 1.90. The Morgan fingerprint density at radius 3 is 2.13 bits per heavy atom. The number of carbonyl (C=O) groups is 1. The van der Waals surface area contributed by atoms with E-state index in [9.17, 15) is 4.79 Å². The first-order valence-electron chi connectivity index (χ1n) is 10.4. The molecule has 6 nitrogen and oxygen atoms in total. The van der Waals surface area contributed by atoms with Gasteiger partial charge in [0, 0.05) is 19.1 Å². The molecular weight excluding hydrogens is 396 g/mol. The van der Waals surface area contributed by atoms with E-state index in [1.165, 1.54) is 0 Å². The van der Waals surface area contributed by atoms with Crippen LogP contribution in [0, 0.1) is 0 Å². The molecule has 31 heavy (non-hydrogen) atoms. The Morgan fingerprint density at radius 2 is 1.58 bits per heavy atom. The van der Waals surface area contributed by atoms with Crippen LogP contribution in [0.25, 0.3) is 5.57 Å². The topological polar surface area (TPSA) is 63.2 Å². The minimum absolute atomic E-state index is 0.334. The molecule has 0 aliphatic rings. The van der Waals surface area contributed by atoms with Crippen LogP contribution >= 0.6 is 0 Å². The van der Waals surface area contributed by atoms with E-state index in [0.29, 0.717) is 26.2 Å². The number of benzene rings is 2. The predicted octanol–water partition coefficient (Wildman–Crippen LogP) is 4.70. The zero-order valence-electron chi connectivity index (χ0n) is 19.0. The van der Waals surface area contributed by atoms with Gasteiger partial charge in [-0.25, -0.2) is 4.79 Å². The Morgan fingerprint density at radius 1 is 0.935 bits per heavy atom. The highest BCUT2D eigenvalue weighted by Gasteiger charge is 2.20. The molecule has 0 spiro atoms. The van der Waals surface area contributed by atoms with Crippen LogP contribution < -0.4 is 14.2 Å². The van der Waals surface area contributed by atoms with Crippen molar-refractivity contribution in [1.29, 1.82) is 0 Å². The summed E-state index contributed by atoms with van der Waals surface area (Å²) in [7, 11) is 3.27. The van der Waals surface area contributed by atoms with E-state index in [1.54, 1.807) is 21.1 Å². The second-order valence-corrected chi connectivity index (χ2v) is 6.84. The van der Waals surface area contributed by atoms with E-state index in [2.05, 4.69) is 0 Å². The third-order valence-electron chi connectivity index (χ3n) is 4.71. The van der Waals surface area contributed by atoms with Crippen LogP contribution in [-0.4, -0.2) is 46.1 Å². The predicted molar refractivity (Wildman–Crippen MR) is 121 cm³/mol. The lowest BCUT2D eigenvalue weighted by atomic mass is 10.1. The summed E-state index contributed by atoms with van der Waals surface area (Å²) >= 11 is 0. The zero-order valence-corrected chi connectivity index (χ0v) is 19.0. The molecule has 0 aliphatic heterocycles. The Balaban J connectivity index is 1.96. The first kappa shape index (κ1) is 24.3. The molecule has 0 saturated carbocycles. The highest BCUT2D eigenvalue weighted by atomic mass is 16.6. The summed E-state index contributed by atoms with van der Waals surface area (Å²) in [6.45, 7) is 6.88. The minimum Gasteiger partial charge on any atom is -0.497 e. The van der Waals surface area contributed by atoms with Gasteiger partial charge in [0.15, 0.2) is 6.10 Å². The number of carbonyl (C=O) groups excluding carboxylic acids is 1. The maximum absolute atomic E-state index is 12.0. The van der Waals surface area contributed by atoms with Crippen LogP contribution in [0.2, 0.25) is 0 Å². The van der Waals surface area contributed by atoms with Gasteiger partial charge in [0.05, 0.1) is 20.8 Å². The molecular formula is C25H32O6. The Labute approximate surface area is 184 Å². The lowest BCUT2D eigenvalue weighted by molar-refractivity contribution is -0.156. The monoisotopic (exact) mass is 428 g/mol. The fourth-order valence-corrected chi connectivity index (χ4v) is 3.00. The van der Waals surface area contributed by atoms with E-state index in [4.69, 9.17) is 23.7 Å². The molecule has 0 fully saturated rings. The molecule has 1 atom stereocenters. The van der Waals surface area contributed by atoms with Gasteiger partial charge in [-0.15, -0.1) is 0 Å². The van der Waals surface area contributed by atoms with Gasteiger partial charge in [-0.2, -0.15) is 0 Å². The summed E-state index contributed by atoms with van der Waals surface area (Å²) in [4.78, 5) is 12.0. The molecule has 0 aliphatic carbocycles. The molecule has 0 aromatic heterocycles. The zero-order chi connectivity index (χ0) is 22.6. The van der Waals surface area contributed by atoms with Gasteiger partial charge in [-0.1, -0.05) is 12.1 Å². The van der Waals surface area contributed by atoms with Gasteiger partial charge in [-0.05, 0) is 67.8 Å². The average Bonchev–Trinajstić information content (AvgIpc) is 2.79. The lowest BCUT2D eigenvalue weighted by Gasteiger charge is -2.15. The number of ether oxygens (including phenoxy) is 5. The van der Waals surface area contributed by atoms with E-state index in [0.717, 1.165) is 33.9 Å². The van der Waals surface area contributed by atoms with Crippen LogP contribution in [0.3, 0.4) is 0 Å². The first-order chi connectivity index (χ1) is 15.0. The Bertz CT molecular complexity index is 835. The molecule has 0 heterocycles. The SMILES string of the molecule is CCOC(=O)[C@H](Cc1ccc(OCC=C(C)c2cc(OC)cc(OC)c2)cc1)OCC. The molecule has 0 saturated heterocycles. The largest absolute Gasteiger partial charge is 0.497 e. The molecule has 2 aromatic carbocycles. The number of esters is 1. The standard InChI is InChI=1S/C25H32O6/c1-6-29-24(25(26)30-7-2)14-19-8-10-21(11-9-19)31-13-12-18(3)20-15-22(27-4)17-23(16-20)28-5/h8-12,15-17,24H,6-7,13-14H2,1-5H3/t24-/m0/s1. The van der Waals surface area contributed by atoms with Crippen molar-refractivity contribution in [3.63, 3.8) is 0 Å². The van der Waals surface area contributed by atoms with E-state index in [1.807, 2.05) is 62.4 Å². The molecule has 0 amide bonds. The van der Waals surface area contributed by atoms with Crippen molar-refractivity contribution >= 4 is 11.5 Å². The van der Waals surface area contributed by atoms with E-state index < -0.39 is 6.10 Å². The summed E-state index contributed by atoms with van der Waals surface area (Å²) < 4.78 is 27.1. The summed E-state index contributed by atoms with van der Waals surface area (Å²) in [5, 5.41) is 0. The Kier molecular flexibility index (Phi) is 9.91. The summed E-state index contributed by atoms with van der Waals surface area (Å²) in [6.07, 6.45) is 1.87. The number of hydrogen-bond acceptors (Lipinski definition) is 6. The smallest absolute Gasteiger partial charge is 0.335 e. The molecule has 0 N–H and O–H groups in total. The molecule has 168 valence electrons. The van der Waals surface area contributed by atoms with E-state index in [-0.39, 0.29) is 5.97 Å². The number of hydrogen-bond donors (Lipinski definition) is 0. The maximum atomic E-state index is 12.0. The van der Waals surface area contributed by atoms with Crippen molar-refractivity contribution in [1.82, 2.24) is 0 Å². The van der Waals surface area contributed by atoms with Crippen LogP contribution in [0.5, 0.6) is 17.2 Å². The highest BCUT2D eigenvalue weighted by Crippen LogP contribution is 2.27. The molecule has 2 rings (SSSR count). The molecule has 2 aromatic rings. The van der Waals surface area contributed by atoms with Gasteiger partial charge in [-0.3, -0.25) is 0 Å². The number of methoxy groups -OCH3 is 2. The maximum Gasteiger partial charge on any atom is 0.335 e. The second-order valence-electron chi connectivity index (χ2n) is 6.84. The number of rotatable bonds is 12. The third kappa shape index (κ3) is 7.64. The minimum atomic E-state index is -0.595. The van der Waals surface area contributed by atoms with Crippen LogP contribution in [0.4, 0.5) is 0 Å². The summed E-state index contributed by atoms with van der Waals surface area (Å²) in [6, 6.07) is 13.4. The van der Waals surface area contributed by atoms with Crippen molar-refractivity contribution in [3.05, 3.63) is 59.7 Å². The van der Waals surface area contributed by atoms with Crippen molar-refractivity contribution in [2.75, 3.05) is 34.0 Å². The van der Waals surface area contributed by atoms with Crippen molar-refractivity contribution in [2.45, 2.75) is 33.3 Å². The molecule has 0 unspecified atom stereocenters. The lowest BCUT2D eigenvalue weighted by Crippen LogP contribution is -2.28. The van der Waals surface area contributed by atoms with E-state index >= 15 is 0 Å². The van der Waals surface area contributed by atoms with Gasteiger partial charge in [0.25, 0.3) is 0 Å². The fraction of sp³-hybridized carbons (Fsp3) is 0.400. The quantitative estimate of drug-likeness (QED) is 0.457. The fourth-order valence-electron chi connectivity index (χ4n) is 3.00. The third-order valence-corrected chi connectivity index (χ3v) is 4.71. The van der Waals surface area contributed by atoms with Crippen LogP contribution in [0.15, 0.2) is 48.5 Å².